The lowest BCUT2D eigenvalue weighted by molar-refractivity contribution is 0.198. The number of aliphatic hydroxyl groups excluding tert-OH is 1. The van der Waals surface area contributed by atoms with Crippen LogP contribution in [0.1, 0.15) is 6.42 Å². The second kappa shape index (κ2) is 3.11. The molecule has 1 fully saturated rings. The molecule has 0 amide bonds. The molecular formula is C9H11N2O. The molecule has 2 heterocycles. The van der Waals surface area contributed by atoms with Crippen molar-refractivity contribution in [2.45, 2.75) is 12.5 Å². The van der Waals surface area contributed by atoms with Gasteiger partial charge >= 0.3 is 0 Å². The second-order valence-electron chi connectivity index (χ2n) is 2.99. The number of nitrogens with zero attached hydrogens (tertiary/aromatic N) is 2. The minimum atomic E-state index is -0.194. The molecule has 0 bridgehead atoms. The predicted molar refractivity (Wildman–Crippen MR) is 45.9 cm³/mol. The Morgan fingerprint density at radius 3 is 3.17 bits per heavy atom. The number of hydrogen-bond donors (Lipinski definition) is 1. The summed E-state index contributed by atoms with van der Waals surface area (Å²) in [5, 5.41) is 9.28. The normalized spacial score (nSPS) is 23.1. The van der Waals surface area contributed by atoms with E-state index in [1.807, 2.05) is 17.0 Å². The third-order valence-electron chi connectivity index (χ3n) is 2.05. The highest BCUT2D eigenvalue weighted by molar-refractivity contribution is 5.37. The first-order valence-corrected chi connectivity index (χ1v) is 4.12. The van der Waals surface area contributed by atoms with Crippen molar-refractivity contribution in [1.82, 2.24) is 4.98 Å². The van der Waals surface area contributed by atoms with E-state index >= 15 is 0 Å². The van der Waals surface area contributed by atoms with E-state index in [1.54, 1.807) is 6.20 Å². The van der Waals surface area contributed by atoms with Gasteiger partial charge in [0.25, 0.3) is 0 Å². The van der Waals surface area contributed by atoms with Gasteiger partial charge < -0.3 is 10.0 Å². The molecule has 1 aliphatic heterocycles. The van der Waals surface area contributed by atoms with E-state index in [2.05, 4.69) is 11.1 Å². The summed E-state index contributed by atoms with van der Waals surface area (Å²) in [7, 11) is 0. The molecule has 1 aliphatic rings. The van der Waals surface area contributed by atoms with Crippen LogP contribution in [0.5, 0.6) is 0 Å². The van der Waals surface area contributed by atoms with E-state index < -0.39 is 0 Å². The molecule has 1 aromatic rings. The molecule has 1 saturated heterocycles. The van der Waals surface area contributed by atoms with Crippen molar-refractivity contribution in [1.29, 1.82) is 0 Å². The average Bonchev–Trinajstić information content (AvgIpc) is 2.54. The van der Waals surface area contributed by atoms with Crippen molar-refractivity contribution in [3.8, 4) is 0 Å². The fourth-order valence-corrected chi connectivity index (χ4v) is 1.42. The molecule has 1 atom stereocenters. The molecule has 0 unspecified atom stereocenters. The van der Waals surface area contributed by atoms with Crippen LogP contribution in [-0.2, 0) is 0 Å². The van der Waals surface area contributed by atoms with Crippen molar-refractivity contribution < 1.29 is 5.11 Å². The molecule has 3 heteroatoms. The lowest BCUT2D eigenvalue weighted by Gasteiger charge is -2.15. The van der Waals surface area contributed by atoms with Crippen molar-refractivity contribution in [2.24, 2.45) is 0 Å². The number of hydrogen-bond acceptors (Lipinski definition) is 3. The van der Waals surface area contributed by atoms with Crippen LogP contribution < -0.4 is 4.90 Å². The van der Waals surface area contributed by atoms with Crippen molar-refractivity contribution in [3.05, 3.63) is 24.4 Å². The fraction of sp³-hybridized carbons (Fsp3) is 0.444. The highest BCUT2D eigenvalue weighted by atomic mass is 16.3. The molecule has 63 valence electrons. The first kappa shape index (κ1) is 7.55. The van der Waals surface area contributed by atoms with E-state index in [0.29, 0.717) is 6.54 Å². The van der Waals surface area contributed by atoms with Crippen LogP contribution in [0.2, 0.25) is 0 Å². The largest absolute Gasteiger partial charge is 0.391 e. The number of anilines is 1. The predicted octanol–water partition coefficient (Wildman–Crippen LogP) is 0.453. The van der Waals surface area contributed by atoms with Crippen molar-refractivity contribution in [3.63, 3.8) is 0 Å². The molecular weight excluding hydrogens is 152 g/mol. The Hall–Kier alpha value is -1.09. The highest BCUT2D eigenvalue weighted by Crippen LogP contribution is 2.16. The minimum absolute atomic E-state index is 0.194. The van der Waals surface area contributed by atoms with Gasteiger partial charge in [-0.05, 0) is 18.6 Å². The minimum Gasteiger partial charge on any atom is -0.391 e. The Kier molecular flexibility index (Phi) is 1.96. The first-order chi connectivity index (χ1) is 5.86. The van der Waals surface area contributed by atoms with Gasteiger partial charge in [-0.2, -0.15) is 0 Å². The van der Waals surface area contributed by atoms with Crippen LogP contribution in [0, 0.1) is 6.07 Å². The SMILES string of the molecule is O[C@H]1CCN(c2[c]cccn2)C1. The number of aromatic nitrogens is 1. The van der Waals surface area contributed by atoms with Crippen LogP contribution in [0.3, 0.4) is 0 Å². The van der Waals surface area contributed by atoms with E-state index in [9.17, 15) is 5.11 Å². The van der Waals surface area contributed by atoms with Gasteiger partial charge in [0, 0.05) is 25.4 Å². The molecule has 1 aromatic heterocycles. The zero-order chi connectivity index (χ0) is 8.39. The standard InChI is InChI=1S/C9H11N2O/c12-8-4-6-11(7-8)9-3-1-2-5-10-9/h1-2,5,8,12H,4,6-7H2/t8-/m0/s1. The van der Waals surface area contributed by atoms with Gasteiger partial charge in [-0.25, -0.2) is 4.98 Å². The molecule has 1 radical (unpaired) electrons. The summed E-state index contributed by atoms with van der Waals surface area (Å²) in [4.78, 5) is 6.20. The van der Waals surface area contributed by atoms with Gasteiger partial charge in [-0.15, -0.1) is 0 Å². The van der Waals surface area contributed by atoms with Gasteiger partial charge in [0.2, 0.25) is 0 Å². The number of rotatable bonds is 1. The summed E-state index contributed by atoms with van der Waals surface area (Å²) < 4.78 is 0. The second-order valence-corrected chi connectivity index (χ2v) is 2.99. The van der Waals surface area contributed by atoms with Crippen LogP contribution in [-0.4, -0.2) is 29.3 Å². The zero-order valence-electron chi connectivity index (χ0n) is 6.77. The maximum atomic E-state index is 9.28. The van der Waals surface area contributed by atoms with E-state index in [-0.39, 0.29) is 6.10 Å². The lowest BCUT2D eigenvalue weighted by atomic mass is 10.3. The molecule has 1 N–H and O–H groups in total. The first-order valence-electron chi connectivity index (χ1n) is 4.12. The summed E-state index contributed by atoms with van der Waals surface area (Å²) in [5.41, 5.74) is 0. The van der Waals surface area contributed by atoms with E-state index in [4.69, 9.17) is 0 Å². The Balaban J connectivity index is 2.11. The maximum Gasteiger partial charge on any atom is 0.136 e. The molecule has 0 aliphatic carbocycles. The molecule has 0 aromatic carbocycles. The Morgan fingerprint density at radius 2 is 2.58 bits per heavy atom. The molecule has 0 spiro atoms. The third kappa shape index (κ3) is 1.41. The number of aliphatic hydroxyl groups is 1. The summed E-state index contributed by atoms with van der Waals surface area (Å²) in [6.45, 7) is 1.57. The van der Waals surface area contributed by atoms with Crippen molar-refractivity contribution >= 4 is 5.82 Å². The summed E-state index contributed by atoms with van der Waals surface area (Å²) in [6.07, 6.45) is 2.39. The smallest absolute Gasteiger partial charge is 0.136 e. The van der Waals surface area contributed by atoms with Crippen molar-refractivity contribution in [2.75, 3.05) is 18.0 Å². The van der Waals surface area contributed by atoms with E-state index in [1.165, 1.54) is 0 Å². The van der Waals surface area contributed by atoms with Crippen LogP contribution in [0.4, 0.5) is 5.82 Å². The summed E-state index contributed by atoms with van der Waals surface area (Å²) in [5.74, 6) is 0.842. The Bertz CT molecular complexity index is 250. The number of pyridine rings is 1. The van der Waals surface area contributed by atoms with Crippen LogP contribution >= 0.6 is 0 Å². The topological polar surface area (TPSA) is 36.4 Å². The zero-order valence-corrected chi connectivity index (χ0v) is 6.77. The molecule has 3 nitrogen and oxygen atoms in total. The van der Waals surface area contributed by atoms with Gasteiger partial charge in [-0.3, -0.25) is 0 Å². The fourth-order valence-electron chi connectivity index (χ4n) is 1.42. The Morgan fingerprint density at radius 1 is 1.67 bits per heavy atom. The molecule has 12 heavy (non-hydrogen) atoms. The maximum absolute atomic E-state index is 9.28. The summed E-state index contributed by atoms with van der Waals surface area (Å²) >= 11 is 0. The molecule has 0 saturated carbocycles. The molecule has 2 rings (SSSR count). The quantitative estimate of drug-likeness (QED) is 0.653. The van der Waals surface area contributed by atoms with Gasteiger partial charge in [0.15, 0.2) is 0 Å². The number of β-amino-alcohol motifs (C(OH)–C–C–N with tert-alkyl or cyclic N) is 1. The monoisotopic (exact) mass is 163 g/mol. The third-order valence-corrected chi connectivity index (χ3v) is 2.05. The van der Waals surface area contributed by atoms with E-state index in [0.717, 1.165) is 18.8 Å². The van der Waals surface area contributed by atoms with Gasteiger partial charge in [0.05, 0.1) is 6.10 Å². The van der Waals surface area contributed by atoms with Crippen LogP contribution in [0.25, 0.3) is 0 Å². The summed E-state index contributed by atoms with van der Waals surface area (Å²) in [6, 6.07) is 6.72. The van der Waals surface area contributed by atoms with Crippen LogP contribution in [0.15, 0.2) is 18.3 Å². The highest BCUT2D eigenvalue weighted by Gasteiger charge is 2.20. The lowest BCUT2D eigenvalue weighted by Crippen LogP contribution is -2.21. The van der Waals surface area contributed by atoms with Gasteiger partial charge in [-0.1, -0.05) is 0 Å². The average molecular weight is 163 g/mol. The Labute approximate surface area is 71.7 Å². The van der Waals surface area contributed by atoms with Gasteiger partial charge in [0.1, 0.15) is 5.82 Å².